The van der Waals surface area contributed by atoms with Crippen molar-refractivity contribution >= 4 is 23.6 Å². The number of ether oxygens (including phenoxy) is 1. The van der Waals surface area contributed by atoms with E-state index >= 15 is 0 Å². The minimum Gasteiger partial charge on any atom is -0.444 e. The molecule has 12 heteroatoms. The Morgan fingerprint density at radius 1 is 1.17 bits per heavy atom. The minimum absolute atomic E-state index is 0.0734. The van der Waals surface area contributed by atoms with Crippen molar-refractivity contribution < 1.29 is 41.0 Å². The molecule has 0 fully saturated rings. The number of carbonyl (C=O) groups excluding carboxylic acids is 1. The Morgan fingerprint density at radius 3 is 2.31 bits per heavy atom. The summed E-state index contributed by atoms with van der Waals surface area (Å²) in [7, 11) is 0. The molecule has 198 valence electrons. The van der Waals surface area contributed by atoms with Crippen LogP contribution in [0.4, 0.5) is 31.1 Å². The lowest BCUT2D eigenvalue weighted by Gasteiger charge is -2.38. The first-order chi connectivity index (χ1) is 16.0. The quantitative estimate of drug-likeness (QED) is 0.412. The summed E-state index contributed by atoms with van der Waals surface area (Å²) in [5.41, 5.74) is -5.26. The van der Waals surface area contributed by atoms with E-state index in [1.54, 1.807) is 32.5 Å². The molecule has 0 bridgehead atoms. The molecule has 35 heavy (non-hydrogen) atoms. The summed E-state index contributed by atoms with van der Waals surface area (Å²) in [6.45, 7) is 5.18. The smallest absolute Gasteiger partial charge is 0.426 e. The number of aliphatic imine (C=N–C) groups is 1. The number of allylic oxidation sites excluding steroid dienone is 4. The van der Waals surface area contributed by atoms with Gasteiger partial charge in [0.1, 0.15) is 5.60 Å². The number of hydrogen-bond donors (Lipinski definition) is 2. The Kier molecular flexibility index (Phi) is 9.54. The molecule has 0 saturated heterocycles. The van der Waals surface area contributed by atoms with Crippen LogP contribution in [0.2, 0.25) is 0 Å². The lowest BCUT2D eigenvalue weighted by molar-refractivity contribution is -0.380. The van der Waals surface area contributed by atoms with Crippen LogP contribution in [0.15, 0.2) is 41.4 Å². The number of thioether (sulfide) groups is 1. The average molecular weight is 529 g/mol. The maximum absolute atomic E-state index is 13.2. The fraction of sp³-hybridized carbons (Fsp3) is 0.652. The number of amides is 1. The van der Waals surface area contributed by atoms with E-state index < -0.39 is 48.0 Å². The Morgan fingerprint density at radius 2 is 1.83 bits per heavy atom. The predicted octanol–water partition coefficient (Wildman–Crippen LogP) is 5.76. The van der Waals surface area contributed by atoms with Crippen LogP contribution in [0.3, 0.4) is 0 Å². The molecule has 2 aliphatic rings. The van der Waals surface area contributed by atoms with Crippen LogP contribution >= 0.6 is 11.8 Å². The van der Waals surface area contributed by atoms with Crippen molar-refractivity contribution in [1.82, 2.24) is 5.32 Å². The zero-order chi connectivity index (χ0) is 26.5. The van der Waals surface area contributed by atoms with E-state index in [1.807, 2.05) is 24.3 Å². The van der Waals surface area contributed by atoms with Crippen LogP contribution in [-0.4, -0.2) is 64.1 Å². The largest absolute Gasteiger partial charge is 0.444 e. The predicted molar refractivity (Wildman–Crippen MR) is 124 cm³/mol. The summed E-state index contributed by atoms with van der Waals surface area (Å²) in [6, 6.07) is -0.493. The molecule has 0 aliphatic heterocycles. The second-order valence-corrected chi connectivity index (χ2v) is 10.6. The van der Waals surface area contributed by atoms with Gasteiger partial charge in [-0.2, -0.15) is 38.1 Å². The van der Waals surface area contributed by atoms with Gasteiger partial charge in [-0.25, -0.2) is 4.79 Å². The second-order valence-electron chi connectivity index (χ2n) is 9.34. The van der Waals surface area contributed by atoms with E-state index in [0.29, 0.717) is 17.5 Å². The molecule has 0 spiro atoms. The van der Waals surface area contributed by atoms with Crippen LogP contribution in [-0.2, 0) is 4.74 Å². The molecule has 0 heterocycles. The summed E-state index contributed by atoms with van der Waals surface area (Å²) in [5.74, 6) is -1.73. The van der Waals surface area contributed by atoms with Crippen molar-refractivity contribution in [2.45, 2.75) is 74.9 Å². The molecule has 1 amide bonds. The Balaban J connectivity index is 2.15. The molecule has 0 saturated carbocycles. The monoisotopic (exact) mass is 528 g/mol. The van der Waals surface area contributed by atoms with Gasteiger partial charge in [-0.1, -0.05) is 30.4 Å². The normalized spacial score (nSPS) is 23.4. The second kappa shape index (κ2) is 11.4. The van der Waals surface area contributed by atoms with Crippen molar-refractivity contribution in [3.63, 3.8) is 0 Å². The SMILES string of the molecule is CC(C)(C)OC(=O)NCC(CSC1C=CC=CC1)N=C1C=CC(C(O)(C(F)(F)F)C(F)(F)F)CC1. The first-order valence-electron chi connectivity index (χ1n) is 11.1. The van der Waals surface area contributed by atoms with Crippen LogP contribution in [0.25, 0.3) is 0 Å². The number of nitrogens with zero attached hydrogens (tertiary/aromatic N) is 1. The van der Waals surface area contributed by atoms with Gasteiger partial charge in [0.25, 0.3) is 5.60 Å². The van der Waals surface area contributed by atoms with E-state index in [4.69, 9.17) is 4.74 Å². The first kappa shape index (κ1) is 29.3. The summed E-state index contributed by atoms with van der Waals surface area (Å²) in [5, 5.41) is 12.4. The number of rotatable bonds is 7. The fourth-order valence-corrected chi connectivity index (χ4v) is 4.67. The number of carbonyl (C=O) groups is 1. The van der Waals surface area contributed by atoms with Gasteiger partial charge in [0, 0.05) is 29.2 Å². The zero-order valence-corrected chi connectivity index (χ0v) is 20.4. The molecular weight excluding hydrogens is 498 g/mol. The molecular formula is C23H30F6N2O3S. The molecule has 0 radical (unpaired) electrons. The van der Waals surface area contributed by atoms with E-state index in [9.17, 15) is 36.2 Å². The number of nitrogens with one attached hydrogen (secondary N) is 1. The lowest BCUT2D eigenvalue weighted by Crippen LogP contribution is -2.61. The minimum atomic E-state index is -5.88. The highest BCUT2D eigenvalue weighted by Gasteiger charge is 2.73. The van der Waals surface area contributed by atoms with Crippen molar-refractivity contribution in [3.8, 4) is 0 Å². The molecule has 0 aromatic carbocycles. The van der Waals surface area contributed by atoms with E-state index in [-0.39, 0.29) is 18.2 Å². The number of alkyl halides is 6. The van der Waals surface area contributed by atoms with Gasteiger partial charge in [0.2, 0.25) is 0 Å². The van der Waals surface area contributed by atoms with E-state index in [2.05, 4.69) is 10.3 Å². The van der Waals surface area contributed by atoms with Crippen LogP contribution in [0, 0.1) is 5.92 Å². The van der Waals surface area contributed by atoms with Crippen molar-refractivity contribution in [3.05, 3.63) is 36.5 Å². The van der Waals surface area contributed by atoms with Crippen LogP contribution in [0.5, 0.6) is 0 Å². The standard InChI is InChI=1S/C23H30F6N2O3S/c1-20(2,3)34-19(32)30-13-17(14-35-18-7-5-4-6-8-18)31-16-11-9-15(10-12-16)21(33,22(24,25)26)23(27,28)29/h4-7,9,11,15,17-18,33H,8,10,12-14H2,1-3H3,(H,30,32). The summed E-state index contributed by atoms with van der Waals surface area (Å²) < 4.78 is 84.2. The number of alkyl carbamates (subject to hydrolysis) is 1. The third-order valence-electron chi connectivity index (χ3n) is 5.31. The fourth-order valence-electron chi connectivity index (χ4n) is 3.55. The first-order valence-corrected chi connectivity index (χ1v) is 12.1. The highest BCUT2D eigenvalue weighted by molar-refractivity contribution is 8.00. The third-order valence-corrected chi connectivity index (χ3v) is 6.66. The summed E-state index contributed by atoms with van der Waals surface area (Å²) >= 11 is 1.57. The molecule has 2 aliphatic carbocycles. The van der Waals surface area contributed by atoms with E-state index in [1.165, 1.54) is 0 Å². The number of hydrogen-bond acceptors (Lipinski definition) is 5. The molecule has 0 aromatic heterocycles. The number of halogens is 6. The molecule has 3 atom stereocenters. The maximum Gasteiger partial charge on any atom is 0.426 e. The van der Waals surface area contributed by atoms with Gasteiger partial charge < -0.3 is 15.2 Å². The number of aliphatic hydroxyl groups is 1. The highest BCUT2D eigenvalue weighted by atomic mass is 32.2. The summed E-state index contributed by atoms with van der Waals surface area (Å²) in [4.78, 5) is 16.5. The maximum atomic E-state index is 13.2. The van der Waals surface area contributed by atoms with Gasteiger partial charge in [-0.15, -0.1) is 0 Å². The zero-order valence-electron chi connectivity index (χ0n) is 19.6. The van der Waals surface area contributed by atoms with Gasteiger partial charge >= 0.3 is 18.4 Å². The van der Waals surface area contributed by atoms with Crippen LogP contribution < -0.4 is 5.32 Å². The highest BCUT2D eigenvalue weighted by Crippen LogP contribution is 2.50. The Hall–Kier alpha value is -1.95. The summed E-state index contributed by atoms with van der Waals surface area (Å²) in [6.07, 6.45) is -2.74. The van der Waals surface area contributed by atoms with Crippen molar-refractivity contribution in [2.75, 3.05) is 12.3 Å². The third kappa shape index (κ3) is 8.30. The van der Waals surface area contributed by atoms with Gasteiger partial charge in [-0.05, 0) is 46.1 Å². The lowest BCUT2D eigenvalue weighted by atomic mass is 9.79. The molecule has 2 rings (SSSR count). The Bertz CT molecular complexity index is 845. The Labute approximate surface area is 204 Å². The average Bonchev–Trinajstić information content (AvgIpc) is 2.73. The van der Waals surface area contributed by atoms with Crippen molar-refractivity contribution in [2.24, 2.45) is 10.9 Å². The van der Waals surface area contributed by atoms with Crippen molar-refractivity contribution in [1.29, 1.82) is 0 Å². The van der Waals surface area contributed by atoms with Gasteiger partial charge in [0.15, 0.2) is 0 Å². The van der Waals surface area contributed by atoms with Crippen LogP contribution in [0.1, 0.15) is 40.0 Å². The van der Waals surface area contributed by atoms with Gasteiger partial charge in [0.05, 0.1) is 6.04 Å². The molecule has 5 nitrogen and oxygen atoms in total. The van der Waals surface area contributed by atoms with Gasteiger partial charge in [-0.3, -0.25) is 4.99 Å². The topological polar surface area (TPSA) is 70.9 Å². The molecule has 3 unspecified atom stereocenters. The molecule has 0 aromatic rings. The van der Waals surface area contributed by atoms with E-state index in [0.717, 1.165) is 12.5 Å². The molecule has 2 N–H and O–H groups in total.